The average Bonchev–Trinajstić information content (AvgIpc) is 3.36. The summed E-state index contributed by atoms with van der Waals surface area (Å²) in [6, 6.07) is 8.30. The first kappa shape index (κ1) is 21.5. The van der Waals surface area contributed by atoms with Crippen molar-refractivity contribution in [3.63, 3.8) is 0 Å². The predicted octanol–water partition coefficient (Wildman–Crippen LogP) is 4.17. The number of nitrogens with zero attached hydrogens (tertiary/aromatic N) is 4. The normalized spacial score (nSPS) is 15.5. The van der Waals surface area contributed by atoms with Crippen LogP contribution < -0.4 is 19.7 Å². The molecule has 9 nitrogen and oxygen atoms in total. The summed E-state index contributed by atoms with van der Waals surface area (Å²) in [7, 11) is 0. The summed E-state index contributed by atoms with van der Waals surface area (Å²) in [6.07, 6.45) is 0.643. The highest BCUT2D eigenvalue weighted by molar-refractivity contribution is 6.31. The van der Waals surface area contributed by atoms with E-state index in [2.05, 4.69) is 15.5 Å². The molecule has 0 bridgehead atoms. The molecule has 2 amide bonds. The summed E-state index contributed by atoms with van der Waals surface area (Å²) in [4.78, 5) is 15.0. The quantitative estimate of drug-likeness (QED) is 0.611. The molecule has 0 radical (unpaired) electrons. The molecule has 5 rings (SSSR count). The van der Waals surface area contributed by atoms with E-state index in [1.807, 2.05) is 11.5 Å². The minimum Gasteiger partial charge on any atom is -0.454 e. The lowest BCUT2D eigenvalue weighted by Gasteiger charge is -2.29. The third-order valence-corrected chi connectivity index (χ3v) is 5.86. The van der Waals surface area contributed by atoms with Crippen LogP contribution in [0, 0.1) is 5.82 Å². The van der Waals surface area contributed by atoms with Crippen LogP contribution >= 0.6 is 11.6 Å². The largest absolute Gasteiger partial charge is 0.454 e. The fourth-order valence-electron chi connectivity index (χ4n) is 3.93. The molecule has 1 aromatic heterocycles. The fraction of sp³-hybridized carbons (Fsp3) is 0.318. The molecule has 33 heavy (non-hydrogen) atoms. The van der Waals surface area contributed by atoms with Crippen LogP contribution in [0.4, 0.5) is 20.6 Å². The van der Waals surface area contributed by atoms with E-state index in [9.17, 15) is 9.18 Å². The van der Waals surface area contributed by atoms with Gasteiger partial charge in [0.25, 0.3) is 0 Å². The number of hydrogen-bond donors (Lipinski definition) is 1. The van der Waals surface area contributed by atoms with E-state index in [1.165, 1.54) is 18.2 Å². The second kappa shape index (κ2) is 8.87. The molecule has 0 saturated carbocycles. The van der Waals surface area contributed by atoms with Gasteiger partial charge in [0.05, 0.1) is 30.0 Å². The van der Waals surface area contributed by atoms with Crippen molar-refractivity contribution in [2.45, 2.75) is 25.9 Å². The Bertz CT molecular complexity index is 1200. The molecule has 1 unspecified atom stereocenters. The number of carbonyl (C=O) groups excluding carboxylic acids is 1. The molecule has 3 heterocycles. The summed E-state index contributed by atoms with van der Waals surface area (Å²) in [5.41, 5.74) is 0.928. The van der Waals surface area contributed by atoms with Crippen LogP contribution in [0.3, 0.4) is 0 Å². The molecule has 172 valence electrons. The summed E-state index contributed by atoms with van der Waals surface area (Å²) in [6.45, 7) is 3.68. The van der Waals surface area contributed by atoms with Crippen LogP contribution in [0.5, 0.6) is 11.5 Å². The number of halogens is 2. The number of benzene rings is 2. The highest BCUT2D eigenvalue weighted by Gasteiger charge is 2.30. The van der Waals surface area contributed by atoms with Crippen molar-refractivity contribution in [2.75, 3.05) is 30.2 Å². The van der Waals surface area contributed by atoms with Gasteiger partial charge in [0.1, 0.15) is 11.6 Å². The lowest BCUT2D eigenvalue weighted by molar-refractivity contribution is 0.139. The smallest absolute Gasteiger partial charge is 0.326 e. The van der Waals surface area contributed by atoms with Crippen molar-refractivity contribution >= 4 is 29.0 Å². The van der Waals surface area contributed by atoms with Crippen LogP contribution in [-0.2, 0) is 17.7 Å². The monoisotopic (exact) mass is 473 g/mol. The van der Waals surface area contributed by atoms with Gasteiger partial charge in [0.2, 0.25) is 6.79 Å². The van der Waals surface area contributed by atoms with Crippen LogP contribution in [0.2, 0.25) is 5.02 Å². The zero-order valence-electron chi connectivity index (χ0n) is 17.8. The maximum absolute atomic E-state index is 13.6. The number of amides is 2. The molecule has 11 heteroatoms. The second-order valence-electron chi connectivity index (χ2n) is 7.63. The number of fused-ring (bicyclic) bond motifs is 2. The van der Waals surface area contributed by atoms with E-state index in [1.54, 1.807) is 23.1 Å². The van der Waals surface area contributed by atoms with Gasteiger partial charge < -0.3 is 24.1 Å². The zero-order chi connectivity index (χ0) is 22.9. The van der Waals surface area contributed by atoms with Gasteiger partial charge in [-0.3, -0.25) is 4.90 Å². The van der Waals surface area contributed by atoms with E-state index in [0.717, 1.165) is 5.82 Å². The summed E-state index contributed by atoms with van der Waals surface area (Å²) >= 11 is 5.89. The maximum Gasteiger partial charge on any atom is 0.326 e. The van der Waals surface area contributed by atoms with E-state index < -0.39 is 17.9 Å². The van der Waals surface area contributed by atoms with Crippen molar-refractivity contribution in [3.8, 4) is 11.5 Å². The SMILES string of the molecule is CC(c1nnc2n1CCOCC2)N(C(=O)Nc1ccc(F)c(Cl)c1)c1ccc2c(c1)OCO2. The molecule has 1 N–H and O–H groups in total. The summed E-state index contributed by atoms with van der Waals surface area (Å²) in [5.74, 6) is 2.01. The first-order valence-corrected chi connectivity index (χ1v) is 10.8. The first-order valence-electron chi connectivity index (χ1n) is 10.5. The minimum atomic E-state index is -0.566. The number of ether oxygens (including phenoxy) is 3. The Balaban J connectivity index is 1.51. The number of nitrogens with one attached hydrogen (secondary N) is 1. The first-order chi connectivity index (χ1) is 16.0. The predicted molar refractivity (Wildman–Crippen MR) is 118 cm³/mol. The van der Waals surface area contributed by atoms with Gasteiger partial charge in [0, 0.05) is 24.7 Å². The molecule has 3 aromatic rings. The standard InChI is InChI=1S/C22H21ClFN5O4/c1-13(21-27-26-20-6-8-31-9-7-28(20)21)29(15-3-5-18-19(11-15)33-12-32-18)22(30)25-14-2-4-17(24)16(23)10-14/h2-5,10-11,13H,6-9,12H2,1H3,(H,25,30). The molecule has 0 fully saturated rings. The third-order valence-electron chi connectivity index (χ3n) is 5.57. The van der Waals surface area contributed by atoms with Gasteiger partial charge in [0.15, 0.2) is 17.3 Å². The van der Waals surface area contributed by atoms with Gasteiger partial charge in [-0.2, -0.15) is 0 Å². The molecule has 2 aliphatic heterocycles. The molecule has 0 aliphatic carbocycles. The summed E-state index contributed by atoms with van der Waals surface area (Å²) < 4.78 is 32.0. The molecular weight excluding hydrogens is 453 g/mol. The van der Waals surface area contributed by atoms with E-state index >= 15 is 0 Å². The Hall–Kier alpha value is -3.37. The molecule has 2 aliphatic rings. The highest BCUT2D eigenvalue weighted by Crippen LogP contribution is 2.38. The Morgan fingerprint density at radius 1 is 1.18 bits per heavy atom. The van der Waals surface area contributed by atoms with Crippen molar-refractivity contribution < 1.29 is 23.4 Å². The lowest BCUT2D eigenvalue weighted by Crippen LogP contribution is -2.38. The summed E-state index contributed by atoms with van der Waals surface area (Å²) in [5, 5.41) is 11.4. The topological polar surface area (TPSA) is 90.7 Å². The third kappa shape index (κ3) is 4.19. The van der Waals surface area contributed by atoms with Crippen LogP contribution in [-0.4, -0.2) is 40.8 Å². The van der Waals surface area contributed by atoms with E-state index in [0.29, 0.717) is 54.9 Å². The number of hydrogen-bond acceptors (Lipinski definition) is 6. The Morgan fingerprint density at radius 3 is 2.88 bits per heavy atom. The number of anilines is 2. The molecule has 2 aromatic carbocycles. The number of urea groups is 1. The minimum absolute atomic E-state index is 0.0849. The molecule has 0 saturated heterocycles. The Kier molecular flexibility index (Phi) is 5.77. The van der Waals surface area contributed by atoms with Crippen LogP contribution in [0.1, 0.15) is 24.6 Å². The van der Waals surface area contributed by atoms with Crippen LogP contribution in [0.25, 0.3) is 0 Å². The van der Waals surface area contributed by atoms with Crippen molar-refractivity contribution in [1.29, 1.82) is 0 Å². The number of aromatic nitrogens is 3. The number of rotatable bonds is 4. The van der Waals surface area contributed by atoms with E-state index in [4.69, 9.17) is 25.8 Å². The average molecular weight is 474 g/mol. The highest BCUT2D eigenvalue weighted by atomic mass is 35.5. The fourth-order valence-corrected chi connectivity index (χ4v) is 4.11. The van der Waals surface area contributed by atoms with Crippen molar-refractivity contribution in [3.05, 3.63) is 58.9 Å². The Labute approximate surface area is 194 Å². The molecular formula is C22H21ClFN5O4. The second-order valence-corrected chi connectivity index (χ2v) is 8.04. The zero-order valence-corrected chi connectivity index (χ0v) is 18.5. The van der Waals surface area contributed by atoms with Gasteiger partial charge in [-0.05, 0) is 37.3 Å². The van der Waals surface area contributed by atoms with Gasteiger partial charge in [-0.1, -0.05) is 11.6 Å². The van der Waals surface area contributed by atoms with Crippen LogP contribution in [0.15, 0.2) is 36.4 Å². The van der Waals surface area contributed by atoms with Gasteiger partial charge in [-0.25, -0.2) is 9.18 Å². The van der Waals surface area contributed by atoms with Gasteiger partial charge >= 0.3 is 6.03 Å². The van der Waals surface area contributed by atoms with Gasteiger partial charge in [-0.15, -0.1) is 10.2 Å². The molecule has 0 spiro atoms. The molecule has 1 atom stereocenters. The van der Waals surface area contributed by atoms with Crippen molar-refractivity contribution in [2.24, 2.45) is 0 Å². The Morgan fingerprint density at radius 2 is 2.03 bits per heavy atom. The lowest BCUT2D eigenvalue weighted by atomic mass is 10.2. The number of carbonyl (C=O) groups is 1. The van der Waals surface area contributed by atoms with Crippen molar-refractivity contribution in [1.82, 2.24) is 14.8 Å². The maximum atomic E-state index is 13.6. The van der Waals surface area contributed by atoms with E-state index in [-0.39, 0.29) is 11.8 Å².